The minimum absolute atomic E-state index is 0.467. The van der Waals surface area contributed by atoms with Gasteiger partial charge in [0.25, 0.3) is 0 Å². The molecular formula is C16H24N2O2. The highest BCUT2D eigenvalue weighted by Gasteiger charge is 2.15. The van der Waals surface area contributed by atoms with Gasteiger partial charge in [-0.25, -0.2) is 0 Å². The second-order valence-corrected chi connectivity index (χ2v) is 5.30. The van der Waals surface area contributed by atoms with Gasteiger partial charge in [-0.1, -0.05) is 13.8 Å². The summed E-state index contributed by atoms with van der Waals surface area (Å²) < 4.78 is 13.1. The van der Waals surface area contributed by atoms with Crippen LogP contribution in [0.4, 0.5) is 0 Å². The van der Waals surface area contributed by atoms with Gasteiger partial charge in [0.1, 0.15) is 0 Å². The first-order valence-electron chi connectivity index (χ1n) is 7.07. The van der Waals surface area contributed by atoms with E-state index in [2.05, 4.69) is 36.7 Å². The summed E-state index contributed by atoms with van der Waals surface area (Å²) in [5.41, 5.74) is 8.14. The van der Waals surface area contributed by atoms with Gasteiger partial charge in [-0.15, -0.1) is 0 Å². The van der Waals surface area contributed by atoms with Gasteiger partial charge in [0, 0.05) is 24.2 Å². The van der Waals surface area contributed by atoms with Gasteiger partial charge in [0.05, 0.1) is 19.7 Å². The summed E-state index contributed by atoms with van der Waals surface area (Å²) in [7, 11) is 3.34. The van der Waals surface area contributed by atoms with E-state index in [1.807, 2.05) is 0 Å². The molecule has 1 heterocycles. The Morgan fingerprint density at radius 3 is 2.35 bits per heavy atom. The molecule has 4 nitrogen and oxygen atoms in total. The van der Waals surface area contributed by atoms with Crippen molar-refractivity contribution in [1.29, 1.82) is 0 Å². The zero-order valence-corrected chi connectivity index (χ0v) is 12.8. The lowest BCUT2D eigenvalue weighted by Gasteiger charge is -2.10. The standard InChI is InChI=1S/C16H24N2O2/c1-11(2)13-10-18(7-5-6-17)14-9-16(20-4)15(19-3)8-12(13)14/h8-11H,5-7,17H2,1-4H3. The highest BCUT2D eigenvalue weighted by Crippen LogP contribution is 2.36. The lowest BCUT2D eigenvalue weighted by Crippen LogP contribution is -2.05. The quantitative estimate of drug-likeness (QED) is 0.882. The summed E-state index contributed by atoms with van der Waals surface area (Å²) >= 11 is 0. The van der Waals surface area contributed by atoms with Crippen LogP contribution in [-0.2, 0) is 6.54 Å². The molecule has 0 saturated carbocycles. The van der Waals surface area contributed by atoms with Gasteiger partial charge in [-0.2, -0.15) is 0 Å². The molecule has 0 amide bonds. The second-order valence-electron chi connectivity index (χ2n) is 5.30. The Bertz CT molecular complexity index is 588. The SMILES string of the molecule is COc1cc2c(C(C)C)cn(CCCN)c2cc1OC. The molecule has 0 unspecified atom stereocenters. The lowest BCUT2D eigenvalue weighted by molar-refractivity contribution is 0.355. The van der Waals surface area contributed by atoms with Gasteiger partial charge < -0.3 is 19.8 Å². The van der Waals surface area contributed by atoms with Gasteiger partial charge in [0.15, 0.2) is 11.5 Å². The van der Waals surface area contributed by atoms with Crippen molar-refractivity contribution < 1.29 is 9.47 Å². The third-order valence-electron chi connectivity index (χ3n) is 3.64. The van der Waals surface area contributed by atoms with E-state index in [1.54, 1.807) is 14.2 Å². The maximum absolute atomic E-state index is 5.63. The number of benzene rings is 1. The Hall–Kier alpha value is -1.68. The van der Waals surface area contributed by atoms with Gasteiger partial charge in [-0.3, -0.25) is 0 Å². The number of ether oxygens (including phenoxy) is 2. The number of nitrogens with zero attached hydrogens (tertiary/aromatic N) is 1. The maximum Gasteiger partial charge on any atom is 0.162 e. The molecule has 0 aliphatic rings. The molecule has 4 heteroatoms. The number of aryl methyl sites for hydroxylation is 1. The number of hydrogen-bond acceptors (Lipinski definition) is 3. The van der Waals surface area contributed by atoms with Crippen LogP contribution in [0.15, 0.2) is 18.3 Å². The molecule has 0 aliphatic heterocycles. The highest BCUT2D eigenvalue weighted by molar-refractivity contribution is 5.88. The maximum atomic E-state index is 5.63. The average Bonchev–Trinajstić information content (AvgIpc) is 2.81. The number of methoxy groups -OCH3 is 2. The number of nitrogens with two attached hydrogens (primary N) is 1. The van der Waals surface area contributed by atoms with Crippen molar-refractivity contribution in [2.75, 3.05) is 20.8 Å². The molecule has 1 aromatic carbocycles. The van der Waals surface area contributed by atoms with Crippen molar-refractivity contribution in [3.05, 3.63) is 23.9 Å². The molecule has 2 aromatic rings. The van der Waals surface area contributed by atoms with Crippen LogP contribution in [0.5, 0.6) is 11.5 Å². The van der Waals surface area contributed by atoms with Crippen molar-refractivity contribution in [3.8, 4) is 11.5 Å². The summed E-state index contributed by atoms with van der Waals surface area (Å²) in [5, 5.41) is 1.23. The minimum Gasteiger partial charge on any atom is -0.493 e. The molecular weight excluding hydrogens is 252 g/mol. The van der Waals surface area contributed by atoms with Crippen LogP contribution < -0.4 is 15.2 Å². The largest absolute Gasteiger partial charge is 0.493 e. The Morgan fingerprint density at radius 1 is 1.15 bits per heavy atom. The lowest BCUT2D eigenvalue weighted by atomic mass is 10.0. The molecule has 0 bridgehead atoms. The normalized spacial score (nSPS) is 11.3. The molecule has 0 spiro atoms. The highest BCUT2D eigenvalue weighted by atomic mass is 16.5. The van der Waals surface area contributed by atoms with Crippen LogP contribution in [0.1, 0.15) is 31.7 Å². The number of hydrogen-bond donors (Lipinski definition) is 1. The number of fused-ring (bicyclic) bond motifs is 1. The molecule has 0 radical (unpaired) electrons. The summed E-state index contributed by atoms with van der Waals surface area (Å²) in [6.07, 6.45) is 3.19. The second kappa shape index (κ2) is 6.18. The predicted octanol–water partition coefficient (Wildman–Crippen LogP) is 3.13. The summed E-state index contributed by atoms with van der Waals surface area (Å²) in [6, 6.07) is 4.12. The molecule has 0 fully saturated rings. The summed E-state index contributed by atoms with van der Waals surface area (Å²) in [4.78, 5) is 0. The number of aromatic nitrogens is 1. The van der Waals surface area contributed by atoms with Crippen LogP contribution >= 0.6 is 0 Å². The third kappa shape index (κ3) is 2.61. The first kappa shape index (κ1) is 14.7. The summed E-state index contributed by atoms with van der Waals surface area (Å²) in [5.74, 6) is 2.01. The zero-order valence-electron chi connectivity index (χ0n) is 12.8. The Labute approximate surface area is 120 Å². The topological polar surface area (TPSA) is 49.4 Å². The van der Waals surface area contributed by atoms with E-state index in [4.69, 9.17) is 15.2 Å². The predicted molar refractivity (Wildman–Crippen MR) is 82.8 cm³/mol. The molecule has 1 aromatic heterocycles. The average molecular weight is 276 g/mol. The van der Waals surface area contributed by atoms with E-state index in [9.17, 15) is 0 Å². The molecule has 0 atom stereocenters. The smallest absolute Gasteiger partial charge is 0.162 e. The van der Waals surface area contributed by atoms with E-state index < -0.39 is 0 Å². The van der Waals surface area contributed by atoms with Gasteiger partial charge >= 0.3 is 0 Å². The fourth-order valence-electron chi connectivity index (χ4n) is 2.55. The van der Waals surface area contributed by atoms with Crippen molar-refractivity contribution in [2.24, 2.45) is 5.73 Å². The van der Waals surface area contributed by atoms with E-state index in [1.165, 1.54) is 16.5 Å². The van der Waals surface area contributed by atoms with Crippen LogP contribution in [0.3, 0.4) is 0 Å². The Kier molecular flexibility index (Phi) is 4.55. The molecule has 0 saturated heterocycles. The fraction of sp³-hybridized carbons (Fsp3) is 0.500. The van der Waals surface area contributed by atoms with E-state index in [-0.39, 0.29) is 0 Å². The molecule has 0 aliphatic carbocycles. The van der Waals surface area contributed by atoms with Crippen LogP contribution in [-0.4, -0.2) is 25.3 Å². The number of rotatable bonds is 6. The van der Waals surface area contributed by atoms with Crippen molar-refractivity contribution >= 4 is 10.9 Å². The van der Waals surface area contributed by atoms with Crippen molar-refractivity contribution in [1.82, 2.24) is 4.57 Å². The van der Waals surface area contributed by atoms with E-state index in [0.717, 1.165) is 24.5 Å². The molecule has 2 rings (SSSR count). The first-order valence-corrected chi connectivity index (χ1v) is 7.07. The molecule has 2 N–H and O–H groups in total. The third-order valence-corrected chi connectivity index (χ3v) is 3.64. The van der Waals surface area contributed by atoms with E-state index in [0.29, 0.717) is 12.5 Å². The molecule has 20 heavy (non-hydrogen) atoms. The van der Waals surface area contributed by atoms with Gasteiger partial charge in [0.2, 0.25) is 0 Å². The van der Waals surface area contributed by atoms with Crippen LogP contribution in [0.25, 0.3) is 10.9 Å². The van der Waals surface area contributed by atoms with Crippen molar-refractivity contribution in [3.63, 3.8) is 0 Å². The van der Waals surface area contributed by atoms with Crippen molar-refractivity contribution in [2.45, 2.75) is 32.7 Å². The first-order chi connectivity index (χ1) is 9.62. The minimum atomic E-state index is 0.467. The summed E-state index contributed by atoms with van der Waals surface area (Å²) in [6.45, 7) is 6.04. The van der Waals surface area contributed by atoms with Crippen LogP contribution in [0, 0.1) is 0 Å². The molecule has 110 valence electrons. The fourth-order valence-corrected chi connectivity index (χ4v) is 2.55. The monoisotopic (exact) mass is 276 g/mol. The van der Waals surface area contributed by atoms with Crippen LogP contribution in [0.2, 0.25) is 0 Å². The Balaban J connectivity index is 2.63. The van der Waals surface area contributed by atoms with E-state index >= 15 is 0 Å². The zero-order chi connectivity index (χ0) is 14.7. The van der Waals surface area contributed by atoms with Gasteiger partial charge in [-0.05, 0) is 30.5 Å². The Morgan fingerprint density at radius 2 is 1.80 bits per heavy atom.